The molecule has 0 aliphatic rings. The van der Waals surface area contributed by atoms with Gasteiger partial charge in [-0.1, -0.05) is 29.8 Å². The van der Waals surface area contributed by atoms with Gasteiger partial charge < -0.3 is 4.42 Å². The van der Waals surface area contributed by atoms with Crippen molar-refractivity contribution in [3.8, 4) is 11.3 Å². The molecule has 0 bridgehead atoms. The first-order valence-electron chi connectivity index (χ1n) is 7.34. The second kappa shape index (κ2) is 8.13. The van der Waals surface area contributed by atoms with E-state index in [0.29, 0.717) is 15.7 Å². The molecule has 132 valence electrons. The zero-order chi connectivity index (χ0) is 18.5. The average Bonchev–Trinajstić information content (AvgIpc) is 3.31. The molecule has 0 atom stereocenters. The van der Waals surface area contributed by atoms with E-state index < -0.39 is 5.91 Å². The topological polar surface area (TPSA) is 83.4 Å². The number of benzene rings is 1. The van der Waals surface area contributed by atoms with Gasteiger partial charge in [-0.25, -0.2) is 0 Å². The lowest BCUT2D eigenvalue weighted by Gasteiger charge is -2.09. The van der Waals surface area contributed by atoms with Crippen molar-refractivity contribution in [2.75, 3.05) is 0 Å². The van der Waals surface area contributed by atoms with Gasteiger partial charge in [0.1, 0.15) is 5.76 Å². The van der Waals surface area contributed by atoms with Crippen LogP contribution in [-0.2, 0) is 0 Å². The first-order valence-corrected chi connectivity index (χ1v) is 9.00. The largest absolute Gasteiger partial charge is 0.451 e. The van der Waals surface area contributed by atoms with Crippen molar-refractivity contribution in [1.29, 1.82) is 0 Å². The summed E-state index contributed by atoms with van der Waals surface area (Å²) in [7, 11) is 0. The highest BCUT2D eigenvalue weighted by Crippen LogP contribution is 2.24. The van der Waals surface area contributed by atoms with E-state index in [1.54, 1.807) is 41.8 Å². The molecule has 3 rings (SSSR count). The number of carbonyl (C=O) groups is 2. The smallest absolute Gasteiger partial charge is 0.293 e. The zero-order valence-electron chi connectivity index (χ0n) is 13.1. The molecular formula is C17H12ClN3O3S2. The van der Waals surface area contributed by atoms with Gasteiger partial charge in [0.25, 0.3) is 11.8 Å². The minimum absolute atomic E-state index is 0.0550. The highest BCUT2D eigenvalue weighted by Gasteiger charge is 2.14. The van der Waals surface area contributed by atoms with E-state index >= 15 is 0 Å². The second-order valence-corrected chi connectivity index (χ2v) is 6.81. The van der Waals surface area contributed by atoms with E-state index in [0.717, 1.165) is 5.56 Å². The second-order valence-electron chi connectivity index (χ2n) is 5.01. The molecular weight excluding hydrogens is 394 g/mol. The predicted molar refractivity (Wildman–Crippen MR) is 104 cm³/mol. The summed E-state index contributed by atoms with van der Waals surface area (Å²) in [5.74, 6) is -0.310. The van der Waals surface area contributed by atoms with Gasteiger partial charge in [-0.15, -0.1) is 11.3 Å². The molecule has 1 aromatic carbocycles. The van der Waals surface area contributed by atoms with Crippen LogP contribution in [0.5, 0.6) is 0 Å². The van der Waals surface area contributed by atoms with Gasteiger partial charge in [0.2, 0.25) is 0 Å². The van der Waals surface area contributed by atoms with Gasteiger partial charge >= 0.3 is 0 Å². The molecule has 2 aromatic heterocycles. The number of thiophene rings is 1. The first kappa shape index (κ1) is 18.1. The molecule has 9 heteroatoms. The molecule has 26 heavy (non-hydrogen) atoms. The summed E-state index contributed by atoms with van der Waals surface area (Å²) in [6, 6.07) is 13.7. The Balaban J connectivity index is 1.56. The summed E-state index contributed by atoms with van der Waals surface area (Å²) in [5, 5.41) is 4.72. The number of hydrogen-bond acceptors (Lipinski definition) is 5. The molecule has 0 saturated heterocycles. The third kappa shape index (κ3) is 4.48. The highest BCUT2D eigenvalue weighted by atomic mass is 35.5. The standard InChI is InChI=1S/C17H12ClN3O3S2/c18-11-4-1-3-10(9-11)12-6-7-13(24-12)15(22)19-17(25)21-20-16(23)14-5-2-8-26-14/h1-9H,(H,20,23)(H2,19,21,22,25). The molecule has 6 nitrogen and oxygen atoms in total. The molecule has 3 aromatic rings. The fourth-order valence-corrected chi connectivity index (χ4v) is 2.99. The molecule has 2 heterocycles. The Morgan fingerprint density at radius 2 is 1.88 bits per heavy atom. The maximum Gasteiger partial charge on any atom is 0.293 e. The lowest BCUT2D eigenvalue weighted by Crippen LogP contribution is -2.48. The third-order valence-electron chi connectivity index (χ3n) is 3.20. The normalized spacial score (nSPS) is 10.2. The van der Waals surface area contributed by atoms with E-state index in [1.807, 2.05) is 6.07 Å². The fraction of sp³-hybridized carbons (Fsp3) is 0. The number of hydrazine groups is 1. The van der Waals surface area contributed by atoms with Gasteiger partial charge in [-0.2, -0.15) is 0 Å². The molecule has 0 radical (unpaired) electrons. The van der Waals surface area contributed by atoms with Crippen molar-refractivity contribution in [3.05, 3.63) is 69.6 Å². The Bertz CT molecular complexity index is 954. The number of thiocarbonyl (C=S) groups is 1. The van der Waals surface area contributed by atoms with Crippen molar-refractivity contribution in [2.24, 2.45) is 0 Å². The maximum atomic E-state index is 12.2. The minimum atomic E-state index is -0.541. The number of halogens is 1. The number of nitrogens with one attached hydrogen (secondary N) is 3. The Labute approximate surface area is 163 Å². The lowest BCUT2D eigenvalue weighted by molar-refractivity contribution is 0.0929. The Morgan fingerprint density at radius 3 is 2.62 bits per heavy atom. The lowest BCUT2D eigenvalue weighted by atomic mass is 10.2. The summed E-state index contributed by atoms with van der Waals surface area (Å²) in [4.78, 5) is 24.5. The molecule has 0 aliphatic carbocycles. The Hall–Kier alpha value is -2.68. The molecule has 0 aliphatic heterocycles. The summed E-state index contributed by atoms with van der Waals surface area (Å²) >= 11 is 12.2. The van der Waals surface area contributed by atoms with Crippen molar-refractivity contribution >= 4 is 52.1 Å². The van der Waals surface area contributed by atoms with Crippen LogP contribution < -0.4 is 16.2 Å². The average molecular weight is 406 g/mol. The number of furan rings is 1. The van der Waals surface area contributed by atoms with Gasteiger partial charge in [-0.05, 0) is 47.9 Å². The molecule has 0 spiro atoms. The zero-order valence-corrected chi connectivity index (χ0v) is 15.5. The summed E-state index contributed by atoms with van der Waals surface area (Å²) < 4.78 is 5.53. The predicted octanol–water partition coefficient (Wildman–Crippen LogP) is 3.61. The van der Waals surface area contributed by atoms with Crippen LogP contribution in [0.15, 0.2) is 58.3 Å². The van der Waals surface area contributed by atoms with E-state index in [-0.39, 0.29) is 16.8 Å². The van der Waals surface area contributed by atoms with Crippen LogP contribution in [0.4, 0.5) is 0 Å². The van der Waals surface area contributed by atoms with E-state index in [2.05, 4.69) is 16.2 Å². The third-order valence-corrected chi connectivity index (χ3v) is 4.51. The van der Waals surface area contributed by atoms with Crippen LogP contribution in [0.1, 0.15) is 20.2 Å². The van der Waals surface area contributed by atoms with Crippen LogP contribution in [0, 0.1) is 0 Å². The molecule has 0 unspecified atom stereocenters. The van der Waals surface area contributed by atoms with Crippen LogP contribution in [-0.4, -0.2) is 16.9 Å². The maximum absolute atomic E-state index is 12.2. The monoisotopic (exact) mass is 405 g/mol. The molecule has 0 saturated carbocycles. The molecule has 3 N–H and O–H groups in total. The fourth-order valence-electron chi connectivity index (χ4n) is 2.04. The highest BCUT2D eigenvalue weighted by molar-refractivity contribution is 7.80. The van der Waals surface area contributed by atoms with Crippen molar-refractivity contribution in [1.82, 2.24) is 16.2 Å². The minimum Gasteiger partial charge on any atom is -0.451 e. The van der Waals surface area contributed by atoms with Crippen LogP contribution >= 0.6 is 35.2 Å². The summed E-state index contributed by atoms with van der Waals surface area (Å²) in [6.07, 6.45) is 0. The van der Waals surface area contributed by atoms with E-state index in [4.69, 9.17) is 28.2 Å². The van der Waals surface area contributed by atoms with Crippen LogP contribution in [0.25, 0.3) is 11.3 Å². The first-order chi connectivity index (χ1) is 12.5. The van der Waals surface area contributed by atoms with Crippen molar-refractivity contribution in [3.63, 3.8) is 0 Å². The number of hydrogen-bond donors (Lipinski definition) is 3. The summed E-state index contributed by atoms with van der Waals surface area (Å²) in [6.45, 7) is 0. The van der Waals surface area contributed by atoms with Gasteiger partial charge in [0.05, 0.1) is 4.88 Å². The van der Waals surface area contributed by atoms with Crippen molar-refractivity contribution in [2.45, 2.75) is 0 Å². The number of carbonyl (C=O) groups excluding carboxylic acids is 2. The quantitative estimate of drug-likeness (QED) is 0.458. The van der Waals surface area contributed by atoms with Gasteiger partial charge in [-0.3, -0.25) is 25.8 Å². The molecule has 2 amide bonds. The molecule has 0 fully saturated rings. The number of amides is 2. The van der Waals surface area contributed by atoms with Crippen molar-refractivity contribution < 1.29 is 14.0 Å². The van der Waals surface area contributed by atoms with E-state index in [9.17, 15) is 9.59 Å². The van der Waals surface area contributed by atoms with E-state index in [1.165, 1.54) is 17.4 Å². The van der Waals surface area contributed by atoms with Crippen LogP contribution in [0.2, 0.25) is 5.02 Å². The SMILES string of the molecule is O=C(NC(=S)NNC(=O)c1cccs1)c1ccc(-c2cccc(Cl)c2)o1. The van der Waals surface area contributed by atoms with Crippen LogP contribution in [0.3, 0.4) is 0 Å². The van der Waals surface area contributed by atoms with Gasteiger partial charge in [0, 0.05) is 10.6 Å². The van der Waals surface area contributed by atoms with Gasteiger partial charge in [0.15, 0.2) is 10.9 Å². The Kier molecular flexibility index (Phi) is 5.67. The Morgan fingerprint density at radius 1 is 1.04 bits per heavy atom. The summed E-state index contributed by atoms with van der Waals surface area (Å²) in [5.41, 5.74) is 5.61. The number of rotatable bonds is 3.